The second-order valence-corrected chi connectivity index (χ2v) is 6.75. The molecule has 1 unspecified atom stereocenters. The molecule has 0 saturated carbocycles. The van der Waals surface area contributed by atoms with Crippen molar-refractivity contribution in [3.63, 3.8) is 0 Å². The van der Waals surface area contributed by atoms with Gasteiger partial charge in [-0.25, -0.2) is 0 Å². The van der Waals surface area contributed by atoms with Crippen LogP contribution in [0.25, 0.3) is 11.0 Å². The predicted molar refractivity (Wildman–Crippen MR) is 102 cm³/mol. The van der Waals surface area contributed by atoms with Crippen molar-refractivity contribution < 1.29 is 18.7 Å². The van der Waals surface area contributed by atoms with Crippen LogP contribution in [0.4, 0.5) is 5.69 Å². The van der Waals surface area contributed by atoms with Crippen LogP contribution in [0.2, 0.25) is 0 Å². The van der Waals surface area contributed by atoms with Crippen LogP contribution < -0.4 is 15.4 Å². The first-order valence-corrected chi connectivity index (χ1v) is 8.77. The highest BCUT2D eigenvalue weighted by atomic mass is 16.5. The van der Waals surface area contributed by atoms with Gasteiger partial charge in [0, 0.05) is 16.6 Å². The molecule has 1 atom stereocenters. The molecule has 0 fully saturated rings. The number of methoxy groups -OCH3 is 1. The fraction of sp³-hybridized carbons (Fsp3) is 0.238. The van der Waals surface area contributed by atoms with Crippen molar-refractivity contribution in [2.24, 2.45) is 0 Å². The van der Waals surface area contributed by atoms with E-state index in [1.807, 2.05) is 38.1 Å². The number of hydrogen-bond donors (Lipinski definition) is 2. The van der Waals surface area contributed by atoms with Crippen molar-refractivity contribution in [2.45, 2.75) is 26.3 Å². The molecule has 4 rings (SSSR count). The lowest BCUT2D eigenvalue weighted by molar-refractivity contribution is -0.115. The monoisotopic (exact) mass is 364 g/mol. The van der Waals surface area contributed by atoms with Crippen molar-refractivity contribution in [2.75, 3.05) is 12.4 Å². The maximum absolute atomic E-state index is 12.8. The lowest BCUT2D eigenvalue weighted by Crippen LogP contribution is -2.26. The zero-order chi connectivity index (χ0) is 19.1. The summed E-state index contributed by atoms with van der Waals surface area (Å²) in [6.07, 6.45) is 0.369. The quantitative estimate of drug-likeness (QED) is 0.739. The van der Waals surface area contributed by atoms with Crippen LogP contribution in [0.5, 0.6) is 5.75 Å². The van der Waals surface area contributed by atoms with Gasteiger partial charge in [0.05, 0.1) is 19.6 Å². The standard InChI is InChI=1S/C21H20N2O4/c1-11-16-10-15(26-3)5-7-18(16)27-20(11)21(25)22-12(2)13-4-6-17-14(8-13)9-19(24)23-17/h4-8,10,12H,9H2,1-3H3,(H,22,25)(H,23,24). The first kappa shape index (κ1) is 17.1. The Morgan fingerprint density at radius 2 is 2.07 bits per heavy atom. The molecule has 2 amide bonds. The van der Waals surface area contributed by atoms with Crippen molar-refractivity contribution >= 4 is 28.5 Å². The summed E-state index contributed by atoms with van der Waals surface area (Å²) in [5, 5.41) is 6.64. The fourth-order valence-corrected chi connectivity index (χ4v) is 3.41. The number of anilines is 1. The first-order chi connectivity index (χ1) is 13.0. The largest absolute Gasteiger partial charge is 0.497 e. The minimum atomic E-state index is -0.273. The van der Waals surface area contributed by atoms with Gasteiger partial charge in [-0.05, 0) is 49.2 Å². The molecule has 0 spiro atoms. The SMILES string of the molecule is COc1ccc2oc(C(=O)NC(C)c3ccc4c(c3)CC(=O)N4)c(C)c2c1. The number of ether oxygens (including phenoxy) is 1. The molecule has 0 bridgehead atoms. The normalized spacial score (nSPS) is 14.0. The van der Waals surface area contributed by atoms with Gasteiger partial charge in [0.2, 0.25) is 5.91 Å². The van der Waals surface area contributed by atoms with Gasteiger partial charge >= 0.3 is 0 Å². The number of hydrogen-bond acceptors (Lipinski definition) is 4. The Labute approximate surface area is 156 Å². The third kappa shape index (κ3) is 3.03. The Morgan fingerprint density at radius 1 is 1.26 bits per heavy atom. The highest BCUT2D eigenvalue weighted by molar-refractivity contribution is 6.00. The van der Waals surface area contributed by atoms with E-state index >= 15 is 0 Å². The van der Waals surface area contributed by atoms with E-state index in [0.29, 0.717) is 23.5 Å². The van der Waals surface area contributed by atoms with E-state index in [1.165, 1.54) is 0 Å². The molecule has 27 heavy (non-hydrogen) atoms. The van der Waals surface area contributed by atoms with Gasteiger partial charge < -0.3 is 19.8 Å². The molecule has 1 aliphatic heterocycles. The van der Waals surface area contributed by atoms with Crippen LogP contribution in [0, 0.1) is 6.92 Å². The predicted octanol–water partition coefficient (Wildman–Crippen LogP) is 3.74. The maximum atomic E-state index is 12.8. The Kier molecular flexibility index (Phi) is 4.11. The van der Waals surface area contributed by atoms with Gasteiger partial charge in [-0.1, -0.05) is 12.1 Å². The summed E-state index contributed by atoms with van der Waals surface area (Å²) >= 11 is 0. The van der Waals surface area contributed by atoms with Crippen LogP contribution in [-0.2, 0) is 11.2 Å². The van der Waals surface area contributed by atoms with Crippen LogP contribution in [0.3, 0.4) is 0 Å². The highest BCUT2D eigenvalue weighted by Crippen LogP contribution is 2.30. The number of aryl methyl sites for hydroxylation is 1. The summed E-state index contributed by atoms with van der Waals surface area (Å²) in [7, 11) is 1.60. The van der Waals surface area contributed by atoms with Gasteiger partial charge in [-0.15, -0.1) is 0 Å². The molecule has 6 nitrogen and oxygen atoms in total. The van der Waals surface area contributed by atoms with Crippen LogP contribution in [0.1, 0.15) is 40.2 Å². The van der Waals surface area contributed by atoms with E-state index in [9.17, 15) is 9.59 Å². The number of furan rings is 1. The second kappa shape index (κ2) is 6.46. The lowest BCUT2D eigenvalue weighted by Gasteiger charge is -2.14. The third-order valence-corrected chi connectivity index (χ3v) is 4.95. The molecule has 0 aliphatic carbocycles. The molecule has 6 heteroatoms. The third-order valence-electron chi connectivity index (χ3n) is 4.95. The fourth-order valence-electron chi connectivity index (χ4n) is 3.41. The molecule has 2 heterocycles. The molecular formula is C21H20N2O4. The molecule has 0 saturated heterocycles. The average molecular weight is 364 g/mol. The number of benzene rings is 2. The van der Waals surface area contributed by atoms with Crippen molar-refractivity contribution in [1.29, 1.82) is 0 Å². The number of amides is 2. The number of carbonyl (C=O) groups excluding carboxylic acids is 2. The van der Waals surface area contributed by atoms with Gasteiger partial charge in [0.1, 0.15) is 11.3 Å². The molecule has 2 aromatic carbocycles. The van der Waals surface area contributed by atoms with Gasteiger partial charge in [0.25, 0.3) is 5.91 Å². The molecule has 1 aromatic heterocycles. The summed E-state index contributed by atoms with van der Waals surface area (Å²) in [5.41, 5.74) is 4.15. The second-order valence-electron chi connectivity index (χ2n) is 6.75. The molecule has 2 N–H and O–H groups in total. The summed E-state index contributed by atoms with van der Waals surface area (Å²) in [6.45, 7) is 3.77. The Balaban J connectivity index is 1.57. The van der Waals surface area contributed by atoms with E-state index < -0.39 is 0 Å². The van der Waals surface area contributed by atoms with E-state index in [2.05, 4.69) is 10.6 Å². The number of rotatable bonds is 4. The minimum Gasteiger partial charge on any atom is -0.497 e. The summed E-state index contributed by atoms with van der Waals surface area (Å²) < 4.78 is 11.0. The van der Waals surface area contributed by atoms with E-state index in [0.717, 1.165) is 27.8 Å². The topological polar surface area (TPSA) is 80.6 Å². The Bertz CT molecular complexity index is 1070. The zero-order valence-electron chi connectivity index (χ0n) is 15.4. The maximum Gasteiger partial charge on any atom is 0.287 e. The summed E-state index contributed by atoms with van der Waals surface area (Å²) in [4.78, 5) is 24.3. The van der Waals surface area contributed by atoms with E-state index in [1.54, 1.807) is 19.2 Å². The zero-order valence-corrected chi connectivity index (χ0v) is 15.4. The van der Waals surface area contributed by atoms with Crippen LogP contribution in [-0.4, -0.2) is 18.9 Å². The van der Waals surface area contributed by atoms with Crippen LogP contribution in [0.15, 0.2) is 40.8 Å². The summed E-state index contributed by atoms with van der Waals surface area (Å²) in [5.74, 6) is 0.730. The van der Waals surface area contributed by atoms with Crippen LogP contribution >= 0.6 is 0 Å². The number of fused-ring (bicyclic) bond motifs is 2. The molecule has 1 aliphatic rings. The number of carbonyl (C=O) groups is 2. The highest BCUT2D eigenvalue weighted by Gasteiger charge is 2.22. The van der Waals surface area contributed by atoms with Crippen molar-refractivity contribution in [3.05, 3.63) is 58.8 Å². The summed E-state index contributed by atoms with van der Waals surface area (Å²) in [6, 6.07) is 11.0. The van der Waals surface area contributed by atoms with E-state index in [4.69, 9.17) is 9.15 Å². The van der Waals surface area contributed by atoms with Gasteiger partial charge in [0.15, 0.2) is 5.76 Å². The minimum absolute atomic E-state index is 0.00725. The lowest BCUT2D eigenvalue weighted by atomic mass is 10.0. The van der Waals surface area contributed by atoms with Gasteiger partial charge in [-0.2, -0.15) is 0 Å². The van der Waals surface area contributed by atoms with E-state index in [-0.39, 0.29) is 17.9 Å². The smallest absolute Gasteiger partial charge is 0.287 e. The number of nitrogens with one attached hydrogen (secondary N) is 2. The Morgan fingerprint density at radius 3 is 2.85 bits per heavy atom. The first-order valence-electron chi connectivity index (χ1n) is 8.77. The van der Waals surface area contributed by atoms with Gasteiger partial charge in [-0.3, -0.25) is 9.59 Å². The molecule has 3 aromatic rings. The Hall–Kier alpha value is -3.28. The molecular weight excluding hydrogens is 344 g/mol. The molecule has 0 radical (unpaired) electrons. The average Bonchev–Trinajstić information content (AvgIpc) is 3.19. The van der Waals surface area contributed by atoms with Crippen molar-refractivity contribution in [1.82, 2.24) is 5.32 Å². The van der Waals surface area contributed by atoms with Crippen molar-refractivity contribution in [3.8, 4) is 5.75 Å². The molecule has 138 valence electrons.